The molecule has 2 fully saturated rings. The first-order valence-corrected chi connectivity index (χ1v) is 16.7. The number of benzene rings is 4. The van der Waals surface area contributed by atoms with Crippen LogP contribution in [-0.2, 0) is 30.5 Å². The van der Waals surface area contributed by atoms with Gasteiger partial charge in [-0.15, -0.1) is 0 Å². The maximum Gasteiger partial charge on any atom is 0.222 e. The Kier molecular flexibility index (Phi) is 13.7. The molecule has 8 heteroatoms. The fourth-order valence-corrected chi connectivity index (χ4v) is 7.14. The zero-order valence-electron chi connectivity index (χ0n) is 28.6. The Hall–Kier alpha value is -1.90. The first-order valence-electron chi connectivity index (χ1n) is 16.7. The smallest absolute Gasteiger partial charge is 0.222 e. The highest BCUT2D eigenvalue weighted by Crippen LogP contribution is 2.42. The Labute approximate surface area is 321 Å². The van der Waals surface area contributed by atoms with E-state index in [1.54, 1.807) is 0 Å². The second kappa shape index (κ2) is 16.9. The van der Waals surface area contributed by atoms with Crippen molar-refractivity contribution in [3.8, 4) is 0 Å². The number of unbranched alkanes of at least 4 members (excludes halogenated alkanes) is 1. The third-order valence-corrected chi connectivity index (χ3v) is 9.40. The summed E-state index contributed by atoms with van der Waals surface area (Å²) in [6, 6.07) is 41.3. The lowest BCUT2D eigenvalue weighted by Gasteiger charge is -2.35. The number of quaternary nitrogens is 2. The van der Waals surface area contributed by atoms with Crippen LogP contribution in [0.1, 0.15) is 35.1 Å². The lowest BCUT2D eigenvalue weighted by molar-refractivity contribution is -0.899. The first kappa shape index (κ1) is 38.9. The van der Waals surface area contributed by atoms with Crippen molar-refractivity contribution in [2.24, 2.45) is 0 Å². The topological polar surface area (TPSA) is 36.9 Å². The van der Waals surface area contributed by atoms with Gasteiger partial charge in [0.15, 0.2) is 0 Å². The number of hydrogen-bond donors (Lipinski definition) is 0. The van der Waals surface area contributed by atoms with E-state index in [4.69, 9.17) is 18.9 Å². The van der Waals surface area contributed by atoms with E-state index in [-0.39, 0.29) is 60.2 Å². The van der Waals surface area contributed by atoms with E-state index < -0.39 is 11.6 Å². The third kappa shape index (κ3) is 9.06. The summed E-state index contributed by atoms with van der Waals surface area (Å²) in [4.78, 5) is 0. The van der Waals surface area contributed by atoms with Crippen molar-refractivity contribution in [3.05, 3.63) is 144 Å². The molecule has 2 unspecified atom stereocenters. The average molecular weight is 877 g/mol. The molecule has 0 N–H and O–H groups in total. The van der Waals surface area contributed by atoms with Crippen LogP contribution in [0, 0.1) is 0 Å². The highest BCUT2D eigenvalue weighted by molar-refractivity contribution is 5.35. The quantitative estimate of drug-likeness (QED) is 0.112. The van der Waals surface area contributed by atoms with E-state index in [1.165, 1.54) is 0 Å². The fourth-order valence-electron chi connectivity index (χ4n) is 7.14. The van der Waals surface area contributed by atoms with E-state index in [1.807, 2.05) is 24.3 Å². The van der Waals surface area contributed by atoms with Crippen LogP contribution in [0.25, 0.3) is 0 Å². The molecule has 2 atom stereocenters. The number of ether oxygens (including phenoxy) is 4. The van der Waals surface area contributed by atoms with Gasteiger partial charge in [0, 0.05) is 35.1 Å². The monoisotopic (exact) mass is 876 g/mol. The van der Waals surface area contributed by atoms with Crippen LogP contribution in [-0.4, -0.2) is 88.8 Å². The number of nitrogens with zero attached hydrogens (tertiary/aromatic N) is 2. The molecule has 0 aromatic heterocycles. The minimum atomic E-state index is -0.862. The molecule has 0 radical (unpaired) electrons. The van der Waals surface area contributed by atoms with Crippen molar-refractivity contribution in [2.75, 3.05) is 67.6 Å². The third-order valence-electron chi connectivity index (χ3n) is 9.40. The second-order valence-corrected chi connectivity index (χ2v) is 14.2. The zero-order valence-corrected chi connectivity index (χ0v) is 33.0. The first-order chi connectivity index (χ1) is 22.2. The molecule has 6 nitrogen and oxygen atoms in total. The summed E-state index contributed by atoms with van der Waals surface area (Å²) in [5.41, 5.74) is 4.15. The van der Waals surface area contributed by atoms with Crippen LogP contribution in [0.5, 0.6) is 0 Å². The van der Waals surface area contributed by atoms with Gasteiger partial charge in [0.2, 0.25) is 11.6 Å². The molecule has 4 aromatic carbocycles. The molecule has 48 heavy (non-hydrogen) atoms. The molecular formula is C40H50I2N2O4. The molecule has 4 aromatic rings. The largest absolute Gasteiger partial charge is 1.00 e. The maximum atomic E-state index is 6.81. The lowest BCUT2D eigenvalue weighted by atomic mass is 9.97. The van der Waals surface area contributed by atoms with Crippen molar-refractivity contribution >= 4 is 0 Å². The lowest BCUT2D eigenvalue weighted by Crippen LogP contribution is -3.00. The van der Waals surface area contributed by atoms with Crippen molar-refractivity contribution in [3.63, 3.8) is 0 Å². The van der Waals surface area contributed by atoms with E-state index in [2.05, 4.69) is 125 Å². The van der Waals surface area contributed by atoms with Gasteiger partial charge in [-0.1, -0.05) is 121 Å². The van der Waals surface area contributed by atoms with E-state index in [9.17, 15) is 0 Å². The fraction of sp³-hybridized carbons (Fsp3) is 0.400. The van der Waals surface area contributed by atoms with Gasteiger partial charge in [-0.05, 0) is 0 Å². The number of hydrogen-bond acceptors (Lipinski definition) is 4. The van der Waals surface area contributed by atoms with Crippen LogP contribution in [0.3, 0.4) is 0 Å². The average Bonchev–Trinajstić information content (AvgIpc) is 3.70. The van der Waals surface area contributed by atoms with Crippen molar-refractivity contribution in [1.82, 2.24) is 0 Å². The second-order valence-electron chi connectivity index (χ2n) is 14.2. The predicted molar refractivity (Wildman–Crippen MR) is 182 cm³/mol. The highest BCUT2D eigenvalue weighted by atomic mass is 127. The molecule has 0 aliphatic carbocycles. The minimum absolute atomic E-state index is 0. The normalized spacial score (nSPS) is 20.1. The van der Waals surface area contributed by atoms with E-state index >= 15 is 0 Å². The van der Waals surface area contributed by atoms with Crippen molar-refractivity contribution in [1.29, 1.82) is 0 Å². The Balaban J connectivity index is 0.00000260. The molecule has 2 aliphatic heterocycles. The molecule has 2 heterocycles. The summed E-state index contributed by atoms with van der Waals surface area (Å²) < 4.78 is 28.4. The van der Waals surface area contributed by atoms with Crippen molar-refractivity contribution < 1.29 is 75.9 Å². The number of likely N-dealkylation sites (N-methyl/N-ethyl adjacent to an activating group) is 2. The predicted octanol–water partition coefficient (Wildman–Crippen LogP) is 0.561. The van der Waals surface area contributed by atoms with Gasteiger partial charge >= 0.3 is 0 Å². The summed E-state index contributed by atoms with van der Waals surface area (Å²) in [6.07, 6.45) is 2.31. The van der Waals surface area contributed by atoms with Crippen molar-refractivity contribution in [2.45, 2.75) is 36.6 Å². The number of halogens is 2. The Morgan fingerprint density at radius 2 is 0.750 bits per heavy atom. The van der Waals surface area contributed by atoms with Gasteiger partial charge < -0.3 is 75.9 Å². The Morgan fingerprint density at radius 1 is 0.479 bits per heavy atom. The molecule has 258 valence electrons. The van der Waals surface area contributed by atoms with Gasteiger partial charge in [0.1, 0.15) is 25.3 Å². The SMILES string of the molecule is C[N+](C)(CCCC[N+](C)(C)CC1COC(c2ccccc2)(c2ccccc2)O1)CC1COC(c2ccccc2)(c2ccccc2)O1.[I-].[I-]. The maximum absolute atomic E-state index is 6.81. The van der Waals surface area contributed by atoms with Crippen LogP contribution in [0.15, 0.2) is 121 Å². The Bertz CT molecular complexity index is 1330. The standard InChI is InChI=1S/C40H50N2O4.2HI/c1-41(2,29-37-31-43-39(45-37,33-19-9-5-10-20-33)34-21-11-6-12-22-34)27-17-18-28-42(3,4)30-38-32-44-40(46-38,35-23-13-7-14-24-35)36-25-15-8-16-26-36;;/h5-16,19-26,37-38H,17-18,27-32H2,1-4H3;2*1H/q+2;;/p-2. The minimum Gasteiger partial charge on any atom is -1.00 e. The Morgan fingerprint density at radius 3 is 1.02 bits per heavy atom. The molecule has 0 bridgehead atoms. The molecule has 2 aliphatic rings. The molecular weight excluding hydrogens is 826 g/mol. The molecule has 0 amide bonds. The summed E-state index contributed by atoms with van der Waals surface area (Å²) in [7, 11) is 9.24. The van der Waals surface area contributed by atoms with Crippen LogP contribution < -0.4 is 48.0 Å². The molecule has 6 rings (SSSR count). The molecule has 0 spiro atoms. The van der Waals surface area contributed by atoms with Crippen LogP contribution in [0.4, 0.5) is 0 Å². The van der Waals surface area contributed by atoms with Crippen LogP contribution in [0.2, 0.25) is 0 Å². The summed E-state index contributed by atoms with van der Waals surface area (Å²) in [6.45, 7) is 5.11. The van der Waals surface area contributed by atoms with Gasteiger partial charge in [0.25, 0.3) is 0 Å². The van der Waals surface area contributed by atoms with E-state index in [0.717, 1.165) is 70.2 Å². The summed E-state index contributed by atoms with van der Waals surface area (Å²) in [5, 5.41) is 0. The molecule has 2 saturated heterocycles. The zero-order chi connectivity index (χ0) is 32.1. The van der Waals surface area contributed by atoms with E-state index in [0.29, 0.717) is 13.2 Å². The molecule has 0 saturated carbocycles. The van der Waals surface area contributed by atoms with Gasteiger partial charge in [-0.25, -0.2) is 0 Å². The summed E-state index contributed by atoms with van der Waals surface area (Å²) >= 11 is 0. The highest BCUT2D eigenvalue weighted by Gasteiger charge is 2.48. The number of rotatable bonds is 13. The summed E-state index contributed by atoms with van der Waals surface area (Å²) in [5.74, 6) is -1.72. The van der Waals surface area contributed by atoms with Crippen LogP contribution >= 0.6 is 0 Å². The van der Waals surface area contributed by atoms with Gasteiger partial charge in [-0.2, -0.15) is 0 Å². The van der Waals surface area contributed by atoms with Gasteiger partial charge in [-0.3, -0.25) is 0 Å². The van der Waals surface area contributed by atoms with Gasteiger partial charge in [0.05, 0.1) is 54.5 Å².